The number of hydrogen-bond donors (Lipinski definition) is 1. The number of rotatable bonds is 3. The summed E-state index contributed by atoms with van der Waals surface area (Å²) in [5.41, 5.74) is 8.66. The van der Waals surface area contributed by atoms with Crippen molar-refractivity contribution in [2.75, 3.05) is 7.11 Å². The summed E-state index contributed by atoms with van der Waals surface area (Å²) in [6.45, 7) is 0. The van der Waals surface area contributed by atoms with Crippen LogP contribution in [0.3, 0.4) is 0 Å². The molecule has 2 unspecified atom stereocenters. The zero-order valence-electron chi connectivity index (χ0n) is 15.8. The molecular weight excluding hydrogens is 388 g/mol. The quantitative estimate of drug-likeness (QED) is 0.807. The fraction of sp³-hybridized carbons (Fsp3) is 0.217. The maximum absolute atomic E-state index is 13.2. The van der Waals surface area contributed by atoms with E-state index in [2.05, 4.69) is 6.07 Å². The minimum Gasteiger partial charge on any atom is -0.497 e. The molecule has 0 saturated heterocycles. The van der Waals surface area contributed by atoms with E-state index in [9.17, 15) is 10.1 Å². The fourth-order valence-electron chi connectivity index (χ4n) is 4.01. The number of methoxy groups -OCH3 is 1. The molecule has 2 aliphatic rings. The SMILES string of the molecule is COc1ccc(C2CC(=O)C3=C(C2)OC(N)=C(C#N)C3c2ccc(Cl)cc2)cc1. The van der Waals surface area contributed by atoms with Crippen molar-refractivity contribution in [2.24, 2.45) is 5.73 Å². The molecule has 1 aliphatic heterocycles. The number of nitriles is 1. The first-order valence-corrected chi connectivity index (χ1v) is 9.63. The number of carbonyl (C=O) groups excluding carboxylic acids is 1. The molecule has 6 heteroatoms. The van der Waals surface area contributed by atoms with Gasteiger partial charge in [-0.1, -0.05) is 35.9 Å². The van der Waals surface area contributed by atoms with Crippen molar-refractivity contribution >= 4 is 17.4 Å². The first-order chi connectivity index (χ1) is 14.0. The third-order valence-electron chi connectivity index (χ3n) is 5.45. The van der Waals surface area contributed by atoms with Gasteiger partial charge in [0.15, 0.2) is 5.78 Å². The predicted octanol–water partition coefficient (Wildman–Crippen LogP) is 4.56. The maximum atomic E-state index is 13.2. The molecule has 2 aromatic carbocycles. The summed E-state index contributed by atoms with van der Waals surface area (Å²) < 4.78 is 11.0. The van der Waals surface area contributed by atoms with Gasteiger partial charge in [0, 0.05) is 23.4 Å². The molecule has 5 nitrogen and oxygen atoms in total. The third kappa shape index (κ3) is 3.48. The number of Topliss-reactive ketones (excluding diaryl/α,β-unsaturated/α-hetero) is 1. The highest BCUT2D eigenvalue weighted by Crippen LogP contribution is 2.46. The molecule has 2 N–H and O–H groups in total. The monoisotopic (exact) mass is 406 g/mol. The van der Waals surface area contributed by atoms with Gasteiger partial charge in [-0.2, -0.15) is 5.26 Å². The number of allylic oxidation sites excluding steroid dienone is 3. The Kier molecular flexibility index (Phi) is 5.04. The van der Waals surface area contributed by atoms with E-state index in [0.717, 1.165) is 16.9 Å². The molecule has 4 rings (SSSR count). The van der Waals surface area contributed by atoms with E-state index in [1.54, 1.807) is 19.2 Å². The highest BCUT2D eigenvalue weighted by Gasteiger charge is 2.40. The average Bonchev–Trinajstić information content (AvgIpc) is 2.73. The summed E-state index contributed by atoms with van der Waals surface area (Å²) >= 11 is 6.01. The predicted molar refractivity (Wildman–Crippen MR) is 109 cm³/mol. The van der Waals surface area contributed by atoms with Crippen LogP contribution in [-0.4, -0.2) is 12.9 Å². The van der Waals surface area contributed by atoms with Crippen molar-refractivity contribution in [3.8, 4) is 11.8 Å². The van der Waals surface area contributed by atoms with Crippen LogP contribution in [-0.2, 0) is 9.53 Å². The number of ether oxygens (including phenoxy) is 2. The van der Waals surface area contributed by atoms with Gasteiger partial charge in [-0.15, -0.1) is 0 Å². The van der Waals surface area contributed by atoms with Crippen molar-refractivity contribution in [3.63, 3.8) is 0 Å². The Morgan fingerprint density at radius 2 is 1.76 bits per heavy atom. The molecule has 1 aliphatic carbocycles. The standard InChI is InChI=1S/C23H19ClN2O3/c1-28-17-8-4-13(5-9-17)15-10-19(27)22-20(11-15)29-23(26)18(12-25)21(22)14-2-6-16(24)7-3-14/h2-9,15,21H,10-11,26H2,1H3. The van der Waals surface area contributed by atoms with Crippen molar-refractivity contribution in [1.82, 2.24) is 0 Å². The van der Waals surface area contributed by atoms with E-state index in [1.807, 2.05) is 36.4 Å². The normalized spacial score (nSPS) is 21.3. The molecule has 0 radical (unpaired) electrons. The zero-order valence-corrected chi connectivity index (χ0v) is 16.6. The number of benzene rings is 2. The van der Waals surface area contributed by atoms with Crippen LogP contribution in [0.5, 0.6) is 5.75 Å². The number of nitrogens with two attached hydrogens (primary N) is 1. The second kappa shape index (κ2) is 7.65. The lowest BCUT2D eigenvalue weighted by atomic mass is 9.73. The second-order valence-corrected chi connectivity index (χ2v) is 7.55. The third-order valence-corrected chi connectivity index (χ3v) is 5.70. The summed E-state index contributed by atoms with van der Waals surface area (Å²) in [5, 5.41) is 10.2. The van der Waals surface area contributed by atoms with Crippen molar-refractivity contribution in [1.29, 1.82) is 5.26 Å². The summed E-state index contributed by atoms with van der Waals surface area (Å²) in [5.74, 6) is 0.762. The van der Waals surface area contributed by atoms with Gasteiger partial charge in [-0.05, 0) is 41.3 Å². The Bertz CT molecular complexity index is 1060. The van der Waals surface area contributed by atoms with Crippen LogP contribution in [0.2, 0.25) is 5.02 Å². The molecule has 29 heavy (non-hydrogen) atoms. The van der Waals surface area contributed by atoms with Crippen LogP contribution in [0.15, 0.2) is 71.3 Å². The van der Waals surface area contributed by atoms with Crippen LogP contribution >= 0.6 is 11.6 Å². The molecule has 0 aromatic heterocycles. The number of carbonyl (C=O) groups is 1. The van der Waals surface area contributed by atoms with E-state index in [1.165, 1.54) is 0 Å². The average molecular weight is 407 g/mol. The van der Waals surface area contributed by atoms with Crippen LogP contribution < -0.4 is 10.5 Å². The van der Waals surface area contributed by atoms with Crippen molar-refractivity contribution < 1.29 is 14.3 Å². The first kappa shape index (κ1) is 19.1. The van der Waals surface area contributed by atoms with Crippen LogP contribution in [0, 0.1) is 11.3 Å². The zero-order chi connectivity index (χ0) is 20.5. The van der Waals surface area contributed by atoms with E-state index >= 15 is 0 Å². The summed E-state index contributed by atoms with van der Waals surface area (Å²) in [6, 6.07) is 16.9. The molecule has 0 amide bonds. The van der Waals surface area contributed by atoms with Gasteiger partial charge in [0.1, 0.15) is 23.2 Å². The minimum atomic E-state index is -0.537. The van der Waals surface area contributed by atoms with E-state index in [-0.39, 0.29) is 23.2 Å². The van der Waals surface area contributed by atoms with E-state index in [0.29, 0.717) is 29.2 Å². The second-order valence-electron chi connectivity index (χ2n) is 7.11. The summed E-state index contributed by atoms with van der Waals surface area (Å²) in [7, 11) is 1.62. The molecule has 2 aromatic rings. The molecular formula is C23H19ClN2O3. The maximum Gasteiger partial charge on any atom is 0.205 e. The van der Waals surface area contributed by atoms with Crippen LogP contribution in [0.25, 0.3) is 0 Å². The van der Waals surface area contributed by atoms with Crippen LogP contribution in [0.4, 0.5) is 0 Å². The Balaban J connectivity index is 1.74. The van der Waals surface area contributed by atoms with Gasteiger partial charge < -0.3 is 15.2 Å². The Morgan fingerprint density at radius 1 is 1.10 bits per heavy atom. The molecule has 0 fully saturated rings. The van der Waals surface area contributed by atoms with E-state index in [4.69, 9.17) is 26.8 Å². The topological polar surface area (TPSA) is 85.3 Å². The van der Waals surface area contributed by atoms with Gasteiger partial charge in [-0.25, -0.2) is 0 Å². The van der Waals surface area contributed by atoms with Gasteiger partial charge in [0.2, 0.25) is 5.88 Å². The molecule has 1 heterocycles. The van der Waals surface area contributed by atoms with Crippen molar-refractivity contribution in [2.45, 2.75) is 24.7 Å². The Hall–Kier alpha value is -3.23. The largest absolute Gasteiger partial charge is 0.497 e. The molecule has 0 saturated carbocycles. The highest BCUT2D eigenvalue weighted by molar-refractivity contribution is 6.30. The molecule has 0 spiro atoms. The Labute approximate surface area is 174 Å². The number of hydrogen-bond acceptors (Lipinski definition) is 5. The lowest BCUT2D eigenvalue weighted by molar-refractivity contribution is -0.117. The highest BCUT2D eigenvalue weighted by atomic mass is 35.5. The van der Waals surface area contributed by atoms with E-state index < -0.39 is 5.92 Å². The number of halogens is 1. The van der Waals surface area contributed by atoms with Crippen molar-refractivity contribution in [3.05, 3.63) is 87.5 Å². The van der Waals surface area contributed by atoms with Gasteiger partial charge in [0.05, 0.1) is 13.0 Å². The Morgan fingerprint density at radius 3 is 2.38 bits per heavy atom. The number of nitrogens with zero attached hydrogens (tertiary/aromatic N) is 1. The minimum absolute atomic E-state index is 0.0190. The lowest BCUT2D eigenvalue weighted by Crippen LogP contribution is -2.29. The fourth-order valence-corrected chi connectivity index (χ4v) is 4.13. The number of ketones is 1. The summed E-state index contributed by atoms with van der Waals surface area (Å²) in [6.07, 6.45) is 0.883. The molecule has 2 atom stereocenters. The van der Waals surface area contributed by atoms with Crippen LogP contribution in [0.1, 0.15) is 35.8 Å². The smallest absolute Gasteiger partial charge is 0.205 e. The van der Waals surface area contributed by atoms with Gasteiger partial charge >= 0.3 is 0 Å². The van der Waals surface area contributed by atoms with Gasteiger partial charge in [-0.3, -0.25) is 4.79 Å². The molecule has 146 valence electrons. The van der Waals surface area contributed by atoms with Gasteiger partial charge in [0.25, 0.3) is 0 Å². The molecule has 0 bridgehead atoms. The summed E-state index contributed by atoms with van der Waals surface area (Å²) in [4.78, 5) is 13.2. The first-order valence-electron chi connectivity index (χ1n) is 9.25. The lowest BCUT2D eigenvalue weighted by Gasteiger charge is -2.34.